The standard InChI is InChI=1S/C11H15IO2/c1-7-4-5-10(14-11(7)13)8(2)6-9(3)12/h4,6,8,10H,5H2,1-3H3/b9-6+/t8-,10-/m0/s1. The second-order valence-corrected chi connectivity index (χ2v) is 5.38. The molecule has 0 amide bonds. The van der Waals surface area contributed by atoms with E-state index in [1.54, 1.807) is 6.92 Å². The molecule has 0 fully saturated rings. The molecule has 0 saturated carbocycles. The van der Waals surface area contributed by atoms with E-state index in [9.17, 15) is 4.79 Å². The van der Waals surface area contributed by atoms with Crippen LogP contribution in [0.2, 0.25) is 0 Å². The lowest BCUT2D eigenvalue weighted by molar-refractivity contribution is -0.147. The van der Waals surface area contributed by atoms with Crippen LogP contribution >= 0.6 is 22.6 Å². The Morgan fingerprint density at radius 3 is 2.93 bits per heavy atom. The van der Waals surface area contributed by atoms with Gasteiger partial charge in [-0.1, -0.05) is 19.1 Å². The third-order valence-corrected chi connectivity index (χ3v) is 2.68. The number of carbonyl (C=O) groups is 1. The molecule has 0 N–H and O–H groups in total. The van der Waals surface area contributed by atoms with Gasteiger partial charge in [0.1, 0.15) is 6.10 Å². The van der Waals surface area contributed by atoms with E-state index in [-0.39, 0.29) is 12.1 Å². The fourth-order valence-electron chi connectivity index (χ4n) is 1.45. The monoisotopic (exact) mass is 306 g/mol. The Kier molecular flexibility index (Phi) is 4.16. The number of cyclic esters (lactones) is 1. The fourth-order valence-corrected chi connectivity index (χ4v) is 2.01. The largest absolute Gasteiger partial charge is 0.458 e. The number of rotatable bonds is 2. The molecule has 3 heteroatoms. The van der Waals surface area contributed by atoms with Gasteiger partial charge in [0.05, 0.1) is 0 Å². The van der Waals surface area contributed by atoms with Crippen LogP contribution in [0.3, 0.4) is 0 Å². The lowest BCUT2D eigenvalue weighted by Crippen LogP contribution is -2.27. The molecule has 1 aliphatic heterocycles. The van der Waals surface area contributed by atoms with Crippen LogP contribution in [0.1, 0.15) is 27.2 Å². The Balaban J connectivity index is 2.65. The maximum atomic E-state index is 11.3. The van der Waals surface area contributed by atoms with Crippen molar-refractivity contribution in [3.8, 4) is 0 Å². The molecule has 0 aliphatic carbocycles. The number of allylic oxidation sites excluding steroid dienone is 1. The molecule has 0 radical (unpaired) electrons. The van der Waals surface area contributed by atoms with Crippen LogP contribution in [0.4, 0.5) is 0 Å². The highest BCUT2D eigenvalue weighted by Gasteiger charge is 2.23. The summed E-state index contributed by atoms with van der Waals surface area (Å²) in [5.74, 6) is 0.118. The van der Waals surface area contributed by atoms with Crippen LogP contribution in [0.15, 0.2) is 21.3 Å². The Morgan fingerprint density at radius 2 is 2.43 bits per heavy atom. The summed E-state index contributed by atoms with van der Waals surface area (Å²) in [6.45, 7) is 5.92. The summed E-state index contributed by atoms with van der Waals surface area (Å²) in [5.41, 5.74) is 0.726. The molecule has 1 rings (SSSR count). The highest BCUT2D eigenvalue weighted by atomic mass is 127. The van der Waals surface area contributed by atoms with Crippen molar-refractivity contribution in [1.82, 2.24) is 0 Å². The van der Waals surface area contributed by atoms with E-state index in [2.05, 4.69) is 35.6 Å². The van der Waals surface area contributed by atoms with Gasteiger partial charge in [0.2, 0.25) is 0 Å². The minimum atomic E-state index is -0.174. The predicted octanol–water partition coefficient (Wildman–Crippen LogP) is 3.22. The topological polar surface area (TPSA) is 26.3 Å². The third-order valence-electron chi connectivity index (χ3n) is 2.32. The van der Waals surface area contributed by atoms with E-state index in [0.29, 0.717) is 5.92 Å². The first kappa shape index (κ1) is 11.8. The molecule has 1 aliphatic rings. The predicted molar refractivity (Wildman–Crippen MR) is 65.2 cm³/mol. The number of hydrogen-bond acceptors (Lipinski definition) is 2. The van der Waals surface area contributed by atoms with Gasteiger partial charge in [0, 0.05) is 17.9 Å². The van der Waals surface area contributed by atoms with Crippen molar-refractivity contribution in [3.63, 3.8) is 0 Å². The summed E-state index contributed by atoms with van der Waals surface area (Å²) < 4.78 is 6.54. The number of halogens is 1. The first-order chi connectivity index (χ1) is 6.50. The van der Waals surface area contributed by atoms with Crippen LogP contribution in [0.25, 0.3) is 0 Å². The van der Waals surface area contributed by atoms with Gasteiger partial charge in [-0.3, -0.25) is 0 Å². The van der Waals surface area contributed by atoms with Crippen molar-refractivity contribution in [3.05, 3.63) is 21.3 Å². The highest BCUT2D eigenvalue weighted by molar-refractivity contribution is 14.1. The average Bonchev–Trinajstić information content (AvgIpc) is 2.08. The number of esters is 1. The van der Waals surface area contributed by atoms with Gasteiger partial charge in [-0.2, -0.15) is 0 Å². The van der Waals surface area contributed by atoms with Gasteiger partial charge in [0.15, 0.2) is 0 Å². The molecular weight excluding hydrogens is 291 g/mol. The molecule has 0 bridgehead atoms. The summed E-state index contributed by atoms with van der Waals surface area (Å²) in [6, 6.07) is 0. The summed E-state index contributed by atoms with van der Waals surface area (Å²) in [6.07, 6.45) is 4.94. The zero-order valence-electron chi connectivity index (χ0n) is 8.71. The molecule has 78 valence electrons. The second-order valence-electron chi connectivity index (χ2n) is 3.68. The molecule has 0 spiro atoms. The maximum Gasteiger partial charge on any atom is 0.333 e. The quantitative estimate of drug-likeness (QED) is 0.578. The Labute approximate surface area is 98.5 Å². The van der Waals surface area contributed by atoms with Crippen molar-refractivity contribution in [1.29, 1.82) is 0 Å². The van der Waals surface area contributed by atoms with E-state index in [1.807, 2.05) is 13.0 Å². The molecule has 2 atom stereocenters. The van der Waals surface area contributed by atoms with Crippen LogP contribution in [-0.2, 0) is 9.53 Å². The molecule has 0 aromatic carbocycles. The van der Waals surface area contributed by atoms with Gasteiger partial charge in [-0.05, 0) is 40.0 Å². The first-order valence-electron chi connectivity index (χ1n) is 4.72. The van der Waals surface area contributed by atoms with Crippen molar-refractivity contribution in [2.45, 2.75) is 33.3 Å². The number of hydrogen-bond donors (Lipinski definition) is 0. The Morgan fingerprint density at radius 1 is 1.79 bits per heavy atom. The Hall–Kier alpha value is -0.320. The SMILES string of the molecule is CC1=CC[C@@H]([C@@H](C)/C=C(\C)I)OC1=O. The minimum absolute atomic E-state index is 0.0101. The fraction of sp³-hybridized carbons (Fsp3) is 0.545. The van der Waals surface area contributed by atoms with Crippen molar-refractivity contribution < 1.29 is 9.53 Å². The van der Waals surface area contributed by atoms with Gasteiger partial charge in [-0.25, -0.2) is 4.79 Å². The van der Waals surface area contributed by atoms with Crippen molar-refractivity contribution in [2.75, 3.05) is 0 Å². The van der Waals surface area contributed by atoms with E-state index in [4.69, 9.17) is 4.74 Å². The molecule has 0 aromatic rings. The van der Waals surface area contributed by atoms with Gasteiger partial charge >= 0.3 is 5.97 Å². The highest BCUT2D eigenvalue weighted by Crippen LogP contribution is 2.22. The number of ether oxygens (including phenoxy) is 1. The molecule has 0 unspecified atom stereocenters. The van der Waals surface area contributed by atoms with Crippen molar-refractivity contribution >= 4 is 28.6 Å². The average molecular weight is 306 g/mol. The third kappa shape index (κ3) is 3.12. The lowest BCUT2D eigenvalue weighted by Gasteiger charge is -2.24. The van der Waals surface area contributed by atoms with E-state index < -0.39 is 0 Å². The van der Waals surface area contributed by atoms with Crippen LogP contribution < -0.4 is 0 Å². The van der Waals surface area contributed by atoms with E-state index >= 15 is 0 Å². The Bertz CT molecular complexity index is 288. The number of carbonyl (C=O) groups excluding carboxylic acids is 1. The van der Waals surface area contributed by atoms with Gasteiger partial charge in [0.25, 0.3) is 0 Å². The zero-order valence-corrected chi connectivity index (χ0v) is 10.9. The molecule has 1 heterocycles. The maximum absolute atomic E-state index is 11.3. The normalized spacial score (nSPS) is 25.4. The zero-order chi connectivity index (χ0) is 10.7. The summed E-state index contributed by atoms with van der Waals surface area (Å²) in [7, 11) is 0. The van der Waals surface area contributed by atoms with Crippen LogP contribution in [0.5, 0.6) is 0 Å². The van der Waals surface area contributed by atoms with Crippen LogP contribution in [-0.4, -0.2) is 12.1 Å². The minimum Gasteiger partial charge on any atom is -0.458 e. The first-order valence-corrected chi connectivity index (χ1v) is 5.80. The van der Waals surface area contributed by atoms with Crippen LogP contribution in [0, 0.1) is 5.92 Å². The smallest absolute Gasteiger partial charge is 0.333 e. The van der Waals surface area contributed by atoms with Gasteiger partial charge in [-0.15, -0.1) is 0 Å². The summed E-state index contributed by atoms with van der Waals surface area (Å²) >= 11 is 2.27. The molecule has 0 saturated heterocycles. The second kappa shape index (κ2) is 4.96. The van der Waals surface area contributed by atoms with Gasteiger partial charge < -0.3 is 4.74 Å². The van der Waals surface area contributed by atoms with E-state index in [1.165, 1.54) is 3.58 Å². The van der Waals surface area contributed by atoms with E-state index in [0.717, 1.165) is 12.0 Å². The van der Waals surface area contributed by atoms with Crippen molar-refractivity contribution in [2.24, 2.45) is 5.92 Å². The molecule has 0 aromatic heterocycles. The lowest BCUT2D eigenvalue weighted by atomic mass is 9.98. The molecule has 2 nitrogen and oxygen atoms in total. The summed E-state index contributed by atoms with van der Waals surface area (Å²) in [4.78, 5) is 11.3. The summed E-state index contributed by atoms with van der Waals surface area (Å²) in [5, 5.41) is 0. The molecular formula is C11H15IO2. The molecule has 14 heavy (non-hydrogen) atoms.